The zero-order chi connectivity index (χ0) is 9.26. The van der Waals surface area contributed by atoms with Crippen LogP contribution in [0, 0.1) is 5.92 Å². The third-order valence-electron chi connectivity index (χ3n) is 2.70. The highest BCUT2D eigenvalue weighted by Gasteiger charge is 2.26. The third kappa shape index (κ3) is 2.02. The SMILES string of the molecule is CC1CCC1Nc1ccc(Br)nc1. The van der Waals surface area contributed by atoms with Gasteiger partial charge in [0.05, 0.1) is 11.9 Å². The topological polar surface area (TPSA) is 24.9 Å². The van der Waals surface area contributed by atoms with E-state index in [0.29, 0.717) is 6.04 Å². The Morgan fingerprint density at radius 1 is 1.46 bits per heavy atom. The van der Waals surface area contributed by atoms with E-state index >= 15 is 0 Å². The summed E-state index contributed by atoms with van der Waals surface area (Å²) < 4.78 is 0.889. The van der Waals surface area contributed by atoms with Crippen molar-refractivity contribution in [1.29, 1.82) is 0 Å². The minimum Gasteiger partial charge on any atom is -0.381 e. The fraction of sp³-hybridized carbons (Fsp3) is 0.500. The van der Waals surface area contributed by atoms with Crippen LogP contribution in [0.15, 0.2) is 22.9 Å². The van der Waals surface area contributed by atoms with E-state index in [0.717, 1.165) is 16.2 Å². The van der Waals surface area contributed by atoms with Crippen LogP contribution in [-0.2, 0) is 0 Å². The summed E-state index contributed by atoms with van der Waals surface area (Å²) in [5.74, 6) is 0.809. The molecule has 0 radical (unpaired) electrons. The van der Waals surface area contributed by atoms with Crippen LogP contribution in [0.4, 0.5) is 5.69 Å². The molecular formula is C10H13BrN2. The Labute approximate surface area is 86.9 Å². The summed E-state index contributed by atoms with van der Waals surface area (Å²) in [4.78, 5) is 4.17. The Morgan fingerprint density at radius 2 is 2.31 bits per heavy atom. The van der Waals surface area contributed by atoms with Gasteiger partial charge in [-0.05, 0) is 46.8 Å². The fourth-order valence-electron chi connectivity index (χ4n) is 1.56. The van der Waals surface area contributed by atoms with Crippen molar-refractivity contribution < 1.29 is 0 Å². The van der Waals surface area contributed by atoms with Gasteiger partial charge in [0, 0.05) is 6.04 Å². The van der Waals surface area contributed by atoms with Gasteiger partial charge in [0.25, 0.3) is 0 Å². The lowest BCUT2D eigenvalue weighted by atomic mass is 9.81. The first kappa shape index (κ1) is 9.00. The Morgan fingerprint density at radius 3 is 2.77 bits per heavy atom. The van der Waals surface area contributed by atoms with Crippen LogP contribution in [-0.4, -0.2) is 11.0 Å². The molecule has 1 N–H and O–H groups in total. The summed E-state index contributed by atoms with van der Waals surface area (Å²) >= 11 is 3.32. The third-order valence-corrected chi connectivity index (χ3v) is 3.17. The van der Waals surface area contributed by atoms with E-state index in [-0.39, 0.29) is 0 Å². The lowest BCUT2D eigenvalue weighted by Crippen LogP contribution is -2.36. The van der Waals surface area contributed by atoms with Crippen LogP contribution in [0.2, 0.25) is 0 Å². The molecule has 1 aromatic heterocycles. The first-order valence-corrected chi connectivity index (χ1v) is 5.43. The van der Waals surface area contributed by atoms with E-state index in [9.17, 15) is 0 Å². The molecule has 0 aromatic carbocycles. The second-order valence-electron chi connectivity index (χ2n) is 3.68. The van der Waals surface area contributed by atoms with Crippen LogP contribution in [0.5, 0.6) is 0 Å². The van der Waals surface area contributed by atoms with Crippen molar-refractivity contribution in [2.75, 3.05) is 5.32 Å². The summed E-state index contributed by atoms with van der Waals surface area (Å²) in [5, 5.41) is 3.47. The van der Waals surface area contributed by atoms with Crippen molar-refractivity contribution in [3.05, 3.63) is 22.9 Å². The molecule has 1 aromatic rings. The van der Waals surface area contributed by atoms with Gasteiger partial charge >= 0.3 is 0 Å². The largest absolute Gasteiger partial charge is 0.381 e. The van der Waals surface area contributed by atoms with Gasteiger partial charge in [-0.15, -0.1) is 0 Å². The number of rotatable bonds is 2. The number of anilines is 1. The number of hydrogen-bond acceptors (Lipinski definition) is 2. The molecule has 0 aliphatic heterocycles. The van der Waals surface area contributed by atoms with Crippen LogP contribution in [0.1, 0.15) is 19.8 Å². The number of nitrogens with zero attached hydrogens (tertiary/aromatic N) is 1. The second kappa shape index (κ2) is 3.66. The van der Waals surface area contributed by atoms with E-state index in [1.807, 2.05) is 12.3 Å². The summed E-state index contributed by atoms with van der Waals surface area (Å²) in [5.41, 5.74) is 1.12. The monoisotopic (exact) mass is 240 g/mol. The number of aromatic nitrogens is 1. The van der Waals surface area contributed by atoms with Crippen molar-refractivity contribution in [3.63, 3.8) is 0 Å². The lowest BCUT2D eigenvalue weighted by Gasteiger charge is -2.35. The maximum atomic E-state index is 4.17. The summed E-state index contributed by atoms with van der Waals surface area (Å²) in [6.45, 7) is 2.29. The van der Waals surface area contributed by atoms with Gasteiger partial charge in [-0.25, -0.2) is 4.98 Å². The van der Waals surface area contributed by atoms with E-state index in [1.165, 1.54) is 12.8 Å². The normalized spacial score (nSPS) is 26.6. The smallest absolute Gasteiger partial charge is 0.106 e. The van der Waals surface area contributed by atoms with E-state index in [1.54, 1.807) is 0 Å². The minimum absolute atomic E-state index is 0.656. The van der Waals surface area contributed by atoms with Crippen LogP contribution < -0.4 is 5.32 Å². The van der Waals surface area contributed by atoms with Gasteiger partial charge in [0.15, 0.2) is 0 Å². The van der Waals surface area contributed by atoms with Crippen molar-refractivity contribution in [3.8, 4) is 0 Å². The molecule has 0 bridgehead atoms. The molecule has 0 spiro atoms. The minimum atomic E-state index is 0.656. The molecule has 3 heteroatoms. The molecule has 1 heterocycles. The highest BCUT2D eigenvalue weighted by Crippen LogP contribution is 2.29. The Bertz CT molecular complexity index is 283. The molecular weight excluding hydrogens is 228 g/mol. The first-order valence-electron chi connectivity index (χ1n) is 4.64. The van der Waals surface area contributed by atoms with Crippen molar-refractivity contribution in [1.82, 2.24) is 4.98 Å². The molecule has 0 saturated heterocycles. The lowest BCUT2D eigenvalue weighted by molar-refractivity contribution is 0.303. The highest BCUT2D eigenvalue weighted by molar-refractivity contribution is 9.10. The van der Waals surface area contributed by atoms with Gasteiger partial charge in [0.2, 0.25) is 0 Å². The van der Waals surface area contributed by atoms with Crippen molar-refractivity contribution in [2.24, 2.45) is 5.92 Å². The molecule has 1 saturated carbocycles. The number of halogens is 1. The van der Waals surface area contributed by atoms with Crippen LogP contribution in [0.3, 0.4) is 0 Å². The average molecular weight is 241 g/mol. The molecule has 2 rings (SSSR count). The first-order chi connectivity index (χ1) is 6.25. The number of nitrogens with one attached hydrogen (secondary N) is 1. The van der Waals surface area contributed by atoms with E-state index in [4.69, 9.17) is 0 Å². The van der Waals surface area contributed by atoms with Gasteiger partial charge in [-0.3, -0.25) is 0 Å². The molecule has 1 fully saturated rings. The summed E-state index contributed by atoms with van der Waals surface area (Å²) in [6.07, 6.45) is 4.51. The van der Waals surface area contributed by atoms with E-state index < -0.39 is 0 Å². The highest BCUT2D eigenvalue weighted by atomic mass is 79.9. The molecule has 0 amide bonds. The molecule has 70 valence electrons. The number of hydrogen-bond donors (Lipinski definition) is 1. The molecule has 2 atom stereocenters. The Balaban J connectivity index is 1.98. The average Bonchev–Trinajstić information content (AvgIpc) is 2.15. The molecule has 2 unspecified atom stereocenters. The maximum absolute atomic E-state index is 4.17. The van der Waals surface area contributed by atoms with Crippen LogP contribution in [0.25, 0.3) is 0 Å². The Hall–Kier alpha value is -0.570. The quantitative estimate of drug-likeness (QED) is 0.805. The molecule has 1 aliphatic rings. The molecule has 2 nitrogen and oxygen atoms in total. The standard InChI is InChI=1S/C10H13BrN2/c1-7-2-4-9(7)13-8-3-5-10(11)12-6-8/h3,5-7,9,13H,2,4H2,1H3. The summed E-state index contributed by atoms with van der Waals surface area (Å²) in [6, 6.07) is 4.68. The maximum Gasteiger partial charge on any atom is 0.106 e. The van der Waals surface area contributed by atoms with Crippen molar-refractivity contribution >= 4 is 21.6 Å². The van der Waals surface area contributed by atoms with Gasteiger partial charge in [-0.2, -0.15) is 0 Å². The molecule has 1 aliphatic carbocycles. The zero-order valence-corrected chi connectivity index (χ0v) is 9.21. The Kier molecular flexibility index (Phi) is 2.54. The van der Waals surface area contributed by atoms with Gasteiger partial charge < -0.3 is 5.32 Å². The summed E-state index contributed by atoms with van der Waals surface area (Å²) in [7, 11) is 0. The van der Waals surface area contributed by atoms with Gasteiger partial charge in [0.1, 0.15) is 4.60 Å². The predicted octanol–water partition coefficient (Wildman–Crippen LogP) is 3.05. The predicted molar refractivity (Wildman–Crippen MR) is 57.7 cm³/mol. The second-order valence-corrected chi connectivity index (χ2v) is 4.49. The van der Waals surface area contributed by atoms with Crippen molar-refractivity contribution in [2.45, 2.75) is 25.8 Å². The molecule has 13 heavy (non-hydrogen) atoms. The number of pyridine rings is 1. The zero-order valence-electron chi connectivity index (χ0n) is 7.63. The fourth-order valence-corrected chi connectivity index (χ4v) is 1.79. The van der Waals surface area contributed by atoms with Gasteiger partial charge in [-0.1, -0.05) is 6.92 Å². The van der Waals surface area contributed by atoms with Crippen LogP contribution >= 0.6 is 15.9 Å². The van der Waals surface area contributed by atoms with E-state index in [2.05, 4.69) is 39.2 Å².